The minimum Gasteiger partial charge on any atom is -0.393 e. The first-order chi connectivity index (χ1) is 6.61. The number of hydrogen-bond acceptors (Lipinski definition) is 3. The van der Waals surface area contributed by atoms with Crippen molar-refractivity contribution in [1.82, 2.24) is 9.97 Å². The molecule has 1 N–H and O–H groups in total. The fourth-order valence-corrected chi connectivity index (χ4v) is 1.57. The molecule has 3 nitrogen and oxygen atoms in total. The van der Waals surface area contributed by atoms with Crippen molar-refractivity contribution in [3.8, 4) is 0 Å². The Labute approximate surface area is 85.2 Å². The van der Waals surface area contributed by atoms with E-state index in [4.69, 9.17) is 0 Å². The lowest BCUT2D eigenvalue weighted by atomic mass is 10.1. The van der Waals surface area contributed by atoms with Gasteiger partial charge in [-0.2, -0.15) is 0 Å². The third kappa shape index (κ3) is 3.42. The standard InChI is InChI=1S/C11H18N2O/c1-4-5-11(14)7-10-6-8(2)12-9(3)13-10/h6,11,14H,4-5,7H2,1-3H3. The third-order valence-electron chi connectivity index (χ3n) is 2.09. The molecule has 0 aliphatic heterocycles. The van der Waals surface area contributed by atoms with Crippen molar-refractivity contribution in [3.05, 3.63) is 23.3 Å². The predicted octanol–water partition coefficient (Wildman–Crippen LogP) is 1.80. The van der Waals surface area contributed by atoms with Gasteiger partial charge in [0, 0.05) is 17.8 Å². The molecule has 1 atom stereocenters. The van der Waals surface area contributed by atoms with Crippen LogP contribution in [0.5, 0.6) is 0 Å². The molecule has 0 amide bonds. The van der Waals surface area contributed by atoms with Gasteiger partial charge in [0.2, 0.25) is 0 Å². The lowest BCUT2D eigenvalue weighted by Gasteiger charge is -2.09. The maximum Gasteiger partial charge on any atom is 0.125 e. The minimum absolute atomic E-state index is 0.270. The Morgan fingerprint density at radius 3 is 2.64 bits per heavy atom. The van der Waals surface area contributed by atoms with Crippen molar-refractivity contribution in [2.45, 2.75) is 46.1 Å². The first-order valence-corrected chi connectivity index (χ1v) is 5.11. The van der Waals surface area contributed by atoms with Gasteiger partial charge in [-0.15, -0.1) is 0 Å². The monoisotopic (exact) mass is 194 g/mol. The molecule has 0 aliphatic rings. The summed E-state index contributed by atoms with van der Waals surface area (Å²) in [6.07, 6.45) is 2.21. The maximum absolute atomic E-state index is 9.62. The van der Waals surface area contributed by atoms with Crippen LogP contribution < -0.4 is 0 Å². The third-order valence-corrected chi connectivity index (χ3v) is 2.09. The van der Waals surface area contributed by atoms with Crippen LogP contribution in [0.15, 0.2) is 6.07 Å². The summed E-state index contributed by atoms with van der Waals surface area (Å²) >= 11 is 0. The van der Waals surface area contributed by atoms with Crippen molar-refractivity contribution in [3.63, 3.8) is 0 Å². The van der Waals surface area contributed by atoms with E-state index in [2.05, 4.69) is 16.9 Å². The molecule has 0 aromatic carbocycles. The lowest BCUT2D eigenvalue weighted by Crippen LogP contribution is -2.12. The number of aliphatic hydroxyl groups is 1. The van der Waals surface area contributed by atoms with Crippen LogP contribution in [-0.2, 0) is 6.42 Å². The zero-order valence-electron chi connectivity index (χ0n) is 9.12. The van der Waals surface area contributed by atoms with Gasteiger partial charge in [0.15, 0.2) is 0 Å². The average molecular weight is 194 g/mol. The van der Waals surface area contributed by atoms with E-state index in [-0.39, 0.29) is 6.10 Å². The molecule has 3 heteroatoms. The quantitative estimate of drug-likeness (QED) is 0.795. The van der Waals surface area contributed by atoms with E-state index in [0.717, 1.165) is 30.1 Å². The van der Waals surface area contributed by atoms with Crippen molar-refractivity contribution >= 4 is 0 Å². The van der Waals surface area contributed by atoms with Gasteiger partial charge in [-0.1, -0.05) is 13.3 Å². The maximum atomic E-state index is 9.62. The Bertz CT molecular complexity index is 279. The van der Waals surface area contributed by atoms with Gasteiger partial charge in [-0.3, -0.25) is 0 Å². The summed E-state index contributed by atoms with van der Waals surface area (Å²) in [6.45, 7) is 5.90. The fourth-order valence-electron chi connectivity index (χ4n) is 1.57. The van der Waals surface area contributed by atoms with Gasteiger partial charge in [0.1, 0.15) is 5.82 Å². The van der Waals surface area contributed by atoms with Crippen molar-refractivity contribution < 1.29 is 5.11 Å². The van der Waals surface area contributed by atoms with Gasteiger partial charge in [0.05, 0.1) is 6.10 Å². The zero-order chi connectivity index (χ0) is 10.6. The highest BCUT2D eigenvalue weighted by Crippen LogP contribution is 2.06. The molecule has 0 saturated carbocycles. The van der Waals surface area contributed by atoms with Crippen LogP contribution in [-0.4, -0.2) is 21.2 Å². The second-order valence-electron chi connectivity index (χ2n) is 3.69. The highest BCUT2D eigenvalue weighted by atomic mass is 16.3. The van der Waals surface area contributed by atoms with Gasteiger partial charge < -0.3 is 5.11 Å². The summed E-state index contributed by atoms with van der Waals surface area (Å²) < 4.78 is 0. The van der Waals surface area contributed by atoms with Crippen LogP contribution in [0.3, 0.4) is 0 Å². The van der Waals surface area contributed by atoms with Gasteiger partial charge in [-0.05, 0) is 26.3 Å². The molecule has 0 radical (unpaired) electrons. The Balaban J connectivity index is 2.66. The zero-order valence-corrected chi connectivity index (χ0v) is 9.12. The molecule has 0 saturated heterocycles. The second kappa shape index (κ2) is 5.05. The topological polar surface area (TPSA) is 46.0 Å². The summed E-state index contributed by atoms with van der Waals surface area (Å²) in [5, 5.41) is 9.62. The molecular formula is C11H18N2O. The van der Waals surface area contributed by atoms with Gasteiger partial charge in [0.25, 0.3) is 0 Å². The van der Waals surface area contributed by atoms with Crippen molar-refractivity contribution in [1.29, 1.82) is 0 Å². The van der Waals surface area contributed by atoms with E-state index in [1.807, 2.05) is 19.9 Å². The van der Waals surface area contributed by atoms with Gasteiger partial charge >= 0.3 is 0 Å². The SMILES string of the molecule is CCCC(O)Cc1cc(C)nc(C)n1. The molecule has 0 bridgehead atoms. The number of rotatable bonds is 4. The average Bonchev–Trinajstić information content (AvgIpc) is 2.01. The van der Waals surface area contributed by atoms with E-state index in [0.29, 0.717) is 6.42 Å². The molecular weight excluding hydrogens is 176 g/mol. The largest absolute Gasteiger partial charge is 0.393 e. The Morgan fingerprint density at radius 1 is 1.36 bits per heavy atom. The summed E-state index contributed by atoms with van der Waals surface area (Å²) in [4.78, 5) is 8.48. The number of hydrogen-bond donors (Lipinski definition) is 1. The van der Waals surface area contributed by atoms with Crippen molar-refractivity contribution in [2.24, 2.45) is 0 Å². The van der Waals surface area contributed by atoms with Crippen LogP contribution in [0.4, 0.5) is 0 Å². The van der Waals surface area contributed by atoms with Crippen LogP contribution in [0.2, 0.25) is 0 Å². The van der Waals surface area contributed by atoms with E-state index in [9.17, 15) is 5.11 Å². The summed E-state index contributed by atoms with van der Waals surface area (Å²) in [6, 6.07) is 1.94. The minimum atomic E-state index is -0.270. The Morgan fingerprint density at radius 2 is 2.07 bits per heavy atom. The molecule has 1 unspecified atom stereocenters. The number of aromatic nitrogens is 2. The second-order valence-corrected chi connectivity index (χ2v) is 3.69. The molecule has 0 spiro atoms. The van der Waals surface area contributed by atoms with E-state index < -0.39 is 0 Å². The molecule has 1 aromatic heterocycles. The summed E-state index contributed by atoms with van der Waals surface area (Å²) in [5.41, 5.74) is 1.91. The molecule has 1 heterocycles. The molecule has 78 valence electrons. The molecule has 14 heavy (non-hydrogen) atoms. The van der Waals surface area contributed by atoms with E-state index in [1.54, 1.807) is 0 Å². The highest BCUT2D eigenvalue weighted by Gasteiger charge is 2.06. The first-order valence-electron chi connectivity index (χ1n) is 5.11. The van der Waals surface area contributed by atoms with Crippen molar-refractivity contribution in [2.75, 3.05) is 0 Å². The predicted molar refractivity (Wildman–Crippen MR) is 56.1 cm³/mol. The Kier molecular flexibility index (Phi) is 4.01. The number of nitrogens with zero attached hydrogens (tertiary/aromatic N) is 2. The van der Waals surface area contributed by atoms with Crippen LogP contribution in [0, 0.1) is 13.8 Å². The normalized spacial score (nSPS) is 12.9. The van der Waals surface area contributed by atoms with E-state index >= 15 is 0 Å². The summed E-state index contributed by atoms with van der Waals surface area (Å²) in [7, 11) is 0. The highest BCUT2D eigenvalue weighted by molar-refractivity contribution is 5.10. The summed E-state index contributed by atoms with van der Waals surface area (Å²) in [5.74, 6) is 0.781. The molecule has 0 aliphatic carbocycles. The fraction of sp³-hybridized carbons (Fsp3) is 0.636. The Hall–Kier alpha value is -0.960. The number of aliphatic hydroxyl groups excluding tert-OH is 1. The number of aryl methyl sites for hydroxylation is 2. The van der Waals surface area contributed by atoms with Crippen LogP contribution in [0.1, 0.15) is 37.0 Å². The molecule has 1 rings (SSSR count). The smallest absolute Gasteiger partial charge is 0.125 e. The first kappa shape index (κ1) is 11.1. The molecule has 0 fully saturated rings. The van der Waals surface area contributed by atoms with E-state index in [1.165, 1.54) is 0 Å². The molecule has 1 aromatic rings. The van der Waals surface area contributed by atoms with Crippen LogP contribution >= 0.6 is 0 Å². The lowest BCUT2D eigenvalue weighted by molar-refractivity contribution is 0.162. The van der Waals surface area contributed by atoms with Gasteiger partial charge in [-0.25, -0.2) is 9.97 Å². The van der Waals surface area contributed by atoms with Crippen LogP contribution in [0.25, 0.3) is 0 Å².